The highest BCUT2D eigenvalue weighted by atomic mass is 16.5. The molecule has 2 aromatic rings. The highest BCUT2D eigenvalue weighted by Crippen LogP contribution is 2.37. The number of benzene rings is 1. The van der Waals surface area contributed by atoms with Crippen LogP contribution >= 0.6 is 0 Å². The zero-order valence-electron chi connectivity index (χ0n) is 9.98. The fourth-order valence-electron chi connectivity index (χ4n) is 2.50. The van der Waals surface area contributed by atoms with E-state index in [0.29, 0.717) is 0 Å². The molecule has 1 aliphatic carbocycles. The average molecular weight is 228 g/mol. The summed E-state index contributed by atoms with van der Waals surface area (Å²) in [6.07, 6.45) is 3.48. The standard InChI is InChI=1S/C15H16O2/c1-16-13-8-5-9-14-12(13)10-15(17-14)11-6-3-2-4-7-11/h2-4,6-7,10,13H,5,8-9H2,1H3. The fraction of sp³-hybridized carbons (Fsp3) is 0.333. The van der Waals surface area contributed by atoms with E-state index in [9.17, 15) is 0 Å². The highest BCUT2D eigenvalue weighted by Gasteiger charge is 2.24. The number of fused-ring (bicyclic) bond motifs is 1. The van der Waals surface area contributed by atoms with Crippen LogP contribution in [0.2, 0.25) is 0 Å². The Hall–Kier alpha value is -1.54. The summed E-state index contributed by atoms with van der Waals surface area (Å²) in [5, 5.41) is 0. The van der Waals surface area contributed by atoms with Gasteiger partial charge in [0.05, 0.1) is 6.10 Å². The molecule has 0 fully saturated rings. The summed E-state index contributed by atoms with van der Waals surface area (Å²) in [4.78, 5) is 0. The lowest BCUT2D eigenvalue weighted by Gasteiger charge is -2.19. The van der Waals surface area contributed by atoms with E-state index in [4.69, 9.17) is 9.15 Å². The van der Waals surface area contributed by atoms with Crippen LogP contribution < -0.4 is 0 Å². The summed E-state index contributed by atoms with van der Waals surface area (Å²) >= 11 is 0. The topological polar surface area (TPSA) is 22.4 Å². The number of aryl methyl sites for hydroxylation is 1. The molecule has 0 spiro atoms. The molecule has 1 heterocycles. The van der Waals surface area contributed by atoms with Crippen molar-refractivity contribution in [1.29, 1.82) is 0 Å². The molecule has 88 valence electrons. The maximum Gasteiger partial charge on any atom is 0.134 e. The van der Waals surface area contributed by atoms with Gasteiger partial charge in [-0.25, -0.2) is 0 Å². The molecule has 1 unspecified atom stereocenters. The van der Waals surface area contributed by atoms with Crippen molar-refractivity contribution in [2.45, 2.75) is 25.4 Å². The quantitative estimate of drug-likeness (QED) is 0.776. The molecule has 0 radical (unpaired) electrons. The van der Waals surface area contributed by atoms with Crippen LogP contribution in [0.5, 0.6) is 0 Å². The highest BCUT2D eigenvalue weighted by molar-refractivity contribution is 5.59. The van der Waals surface area contributed by atoms with Crippen LogP contribution in [-0.4, -0.2) is 7.11 Å². The minimum atomic E-state index is 0.208. The van der Waals surface area contributed by atoms with Gasteiger partial charge in [-0.05, 0) is 18.9 Å². The molecule has 1 aromatic heterocycles. The predicted molar refractivity (Wildman–Crippen MR) is 66.8 cm³/mol. The Morgan fingerprint density at radius 2 is 2.06 bits per heavy atom. The maximum atomic E-state index is 5.94. The summed E-state index contributed by atoms with van der Waals surface area (Å²) in [5.41, 5.74) is 2.37. The zero-order valence-corrected chi connectivity index (χ0v) is 9.98. The van der Waals surface area contributed by atoms with Gasteiger partial charge in [-0.3, -0.25) is 0 Å². The Bertz CT molecular complexity index is 499. The predicted octanol–water partition coefficient (Wildman–Crippen LogP) is 3.97. The van der Waals surface area contributed by atoms with E-state index in [0.717, 1.165) is 36.3 Å². The second-order valence-electron chi connectivity index (χ2n) is 4.47. The van der Waals surface area contributed by atoms with E-state index in [1.807, 2.05) is 18.2 Å². The minimum absolute atomic E-state index is 0.208. The Labute approximate surface area is 101 Å². The molecule has 3 rings (SSSR count). The van der Waals surface area contributed by atoms with E-state index in [-0.39, 0.29) is 6.10 Å². The van der Waals surface area contributed by atoms with Crippen molar-refractivity contribution in [2.75, 3.05) is 7.11 Å². The normalized spacial score (nSPS) is 19.0. The van der Waals surface area contributed by atoms with Crippen LogP contribution in [0.25, 0.3) is 11.3 Å². The molecule has 0 aliphatic heterocycles. The molecule has 2 nitrogen and oxygen atoms in total. The molecule has 0 bridgehead atoms. The zero-order chi connectivity index (χ0) is 11.7. The fourth-order valence-corrected chi connectivity index (χ4v) is 2.50. The van der Waals surface area contributed by atoms with Gasteiger partial charge < -0.3 is 9.15 Å². The van der Waals surface area contributed by atoms with Gasteiger partial charge in [-0.2, -0.15) is 0 Å². The number of ether oxygens (including phenoxy) is 1. The van der Waals surface area contributed by atoms with Crippen molar-refractivity contribution in [2.24, 2.45) is 0 Å². The minimum Gasteiger partial charge on any atom is -0.461 e. The van der Waals surface area contributed by atoms with Gasteiger partial charge in [0.15, 0.2) is 0 Å². The van der Waals surface area contributed by atoms with Crippen LogP contribution in [0.3, 0.4) is 0 Å². The molecule has 0 amide bonds. The summed E-state index contributed by atoms with van der Waals surface area (Å²) in [5.74, 6) is 2.06. The second-order valence-corrected chi connectivity index (χ2v) is 4.47. The van der Waals surface area contributed by atoms with Crippen LogP contribution in [0, 0.1) is 0 Å². The van der Waals surface area contributed by atoms with Crippen molar-refractivity contribution >= 4 is 0 Å². The molecule has 17 heavy (non-hydrogen) atoms. The van der Waals surface area contributed by atoms with Crippen LogP contribution in [-0.2, 0) is 11.2 Å². The average Bonchev–Trinajstić information content (AvgIpc) is 2.83. The first-order chi connectivity index (χ1) is 8.38. The molecular formula is C15H16O2. The Morgan fingerprint density at radius 3 is 2.82 bits per heavy atom. The third kappa shape index (κ3) is 1.89. The van der Waals surface area contributed by atoms with Gasteiger partial charge in [0.1, 0.15) is 11.5 Å². The summed E-state index contributed by atoms with van der Waals surface area (Å²) in [6.45, 7) is 0. The van der Waals surface area contributed by atoms with Crippen LogP contribution in [0.1, 0.15) is 30.3 Å². The lowest BCUT2D eigenvalue weighted by molar-refractivity contribution is 0.0858. The van der Waals surface area contributed by atoms with Gasteiger partial charge in [0, 0.05) is 24.7 Å². The number of hydrogen-bond donors (Lipinski definition) is 0. The molecule has 0 N–H and O–H groups in total. The van der Waals surface area contributed by atoms with E-state index in [1.165, 1.54) is 5.56 Å². The third-order valence-electron chi connectivity index (χ3n) is 3.40. The number of hydrogen-bond acceptors (Lipinski definition) is 2. The Balaban J connectivity index is 2.02. The van der Waals surface area contributed by atoms with E-state index >= 15 is 0 Å². The molecule has 0 saturated carbocycles. The molecular weight excluding hydrogens is 212 g/mol. The van der Waals surface area contributed by atoms with E-state index < -0.39 is 0 Å². The largest absolute Gasteiger partial charge is 0.461 e. The third-order valence-corrected chi connectivity index (χ3v) is 3.40. The maximum absolute atomic E-state index is 5.94. The van der Waals surface area contributed by atoms with Gasteiger partial charge in [-0.15, -0.1) is 0 Å². The summed E-state index contributed by atoms with van der Waals surface area (Å²) in [6, 6.07) is 12.4. The van der Waals surface area contributed by atoms with Crippen LogP contribution in [0.4, 0.5) is 0 Å². The Morgan fingerprint density at radius 1 is 1.24 bits per heavy atom. The number of methoxy groups -OCH3 is 1. The van der Waals surface area contributed by atoms with Gasteiger partial charge in [-0.1, -0.05) is 30.3 Å². The van der Waals surface area contributed by atoms with Crippen molar-refractivity contribution in [3.63, 3.8) is 0 Å². The summed E-state index contributed by atoms with van der Waals surface area (Å²) in [7, 11) is 1.77. The van der Waals surface area contributed by atoms with Gasteiger partial charge in [0.25, 0.3) is 0 Å². The van der Waals surface area contributed by atoms with E-state index in [1.54, 1.807) is 7.11 Å². The van der Waals surface area contributed by atoms with Crippen molar-refractivity contribution in [3.8, 4) is 11.3 Å². The van der Waals surface area contributed by atoms with Crippen molar-refractivity contribution in [3.05, 3.63) is 47.7 Å². The van der Waals surface area contributed by atoms with E-state index in [2.05, 4.69) is 18.2 Å². The molecule has 1 aliphatic rings. The molecule has 1 aromatic carbocycles. The second kappa shape index (κ2) is 4.38. The SMILES string of the molecule is COC1CCCc2oc(-c3ccccc3)cc21. The van der Waals surface area contributed by atoms with Crippen molar-refractivity contribution < 1.29 is 9.15 Å². The smallest absolute Gasteiger partial charge is 0.134 e. The van der Waals surface area contributed by atoms with Crippen molar-refractivity contribution in [1.82, 2.24) is 0 Å². The first-order valence-electron chi connectivity index (χ1n) is 6.09. The Kier molecular flexibility index (Phi) is 2.73. The summed E-state index contributed by atoms with van der Waals surface area (Å²) < 4.78 is 11.5. The monoisotopic (exact) mass is 228 g/mol. The molecule has 1 atom stereocenters. The first kappa shape index (κ1) is 10.6. The molecule has 0 saturated heterocycles. The lowest BCUT2D eigenvalue weighted by Crippen LogP contribution is -2.08. The van der Waals surface area contributed by atoms with Gasteiger partial charge in [0.2, 0.25) is 0 Å². The van der Waals surface area contributed by atoms with Gasteiger partial charge >= 0.3 is 0 Å². The first-order valence-corrected chi connectivity index (χ1v) is 6.09. The number of furan rings is 1. The number of rotatable bonds is 2. The lowest BCUT2D eigenvalue weighted by atomic mass is 9.95. The molecule has 2 heteroatoms. The van der Waals surface area contributed by atoms with Crippen LogP contribution in [0.15, 0.2) is 40.8 Å².